The highest BCUT2D eigenvalue weighted by Gasteiger charge is 2.33. The Balaban J connectivity index is 1.49. The summed E-state index contributed by atoms with van der Waals surface area (Å²) in [6, 6.07) is 21.1. The van der Waals surface area contributed by atoms with E-state index in [2.05, 4.69) is 5.10 Å². The zero-order chi connectivity index (χ0) is 26.2. The Morgan fingerprint density at radius 1 is 0.919 bits per heavy atom. The van der Waals surface area contributed by atoms with Crippen molar-refractivity contribution in [2.75, 3.05) is 27.4 Å². The molecule has 1 aliphatic heterocycles. The van der Waals surface area contributed by atoms with Gasteiger partial charge in [0.25, 0.3) is 0 Å². The van der Waals surface area contributed by atoms with Crippen LogP contribution < -0.4 is 18.9 Å². The summed E-state index contributed by atoms with van der Waals surface area (Å²) in [5, 5.41) is 5.98. The van der Waals surface area contributed by atoms with E-state index in [9.17, 15) is 4.79 Å². The van der Waals surface area contributed by atoms with E-state index in [0.717, 1.165) is 33.9 Å². The maximum Gasteiger partial charge on any atom is 0.240 e. The number of carbonyl (C=O) groups excluding carboxylic acids is 1. The normalized spacial score (nSPS) is 15.0. The van der Waals surface area contributed by atoms with E-state index in [1.165, 1.54) is 11.9 Å². The molecule has 0 N–H and O–H groups in total. The van der Waals surface area contributed by atoms with Gasteiger partial charge < -0.3 is 18.9 Å². The highest BCUT2D eigenvalue weighted by Crippen LogP contribution is 2.41. The van der Waals surface area contributed by atoms with Gasteiger partial charge in [0.1, 0.15) is 36.2 Å². The molecule has 1 unspecified atom stereocenters. The standard InChI is InChI=1S/C30H32N2O5/c1-21-18-28(32(31-21)22(2)33)30-24(19-27(34-3)20-29(30)35-4)13-10-23-11-14-26(15-12-23)37-17-16-36-25-8-6-5-7-9-25/h5-15,19-20,28H,16-18H2,1-4H3/b13-10+. The van der Waals surface area contributed by atoms with Crippen molar-refractivity contribution in [2.24, 2.45) is 5.10 Å². The largest absolute Gasteiger partial charge is 0.497 e. The van der Waals surface area contributed by atoms with Gasteiger partial charge in [0.2, 0.25) is 5.91 Å². The second kappa shape index (κ2) is 12.1. The van der Waals surface area contributed by atoms with Crippen LogP contribution in [0.3, 0.4) is 0 Å². The summed E-state index contributed by atoms with van der Waals surface area (Å²) < 4.78 is 22.7. The molecule has 0 saturated heterocycles. The molecule has 1 amide bonds. The van der Waals surface area contributed by atoms with Crippen LogP contribution in [-0.4, -0.2) is 44.1 Å². The minimum absolute atomic E-state index is 0.112. The fourth-order valence-corrected chi connectivity index (χ4v) is 4.27. The van der Waals surface area contributed by atoms with Crippen LogP contribution in [0.2, 0.25) is 0 Å². The second-order valence-electron chi connectivity index (χ2n) is 8.66. The number of ether oxygens (including phenoxy) is 4. The highest BCUT2D eigenvalue weighted by molar-refractivity contribution is 5.88. The minimum Gasteiger partial charge on any atom is -0.497 e. The van der Waals surface area contributed by atoms with Gasteiger partial charge >= 0.3 is 0 Å². The van der Waals surface area contributed by atoms with Crippen molar-refractivity contribution >= 4 is 23.8 Å². The van der Waals surface area contributed by atoms with E-state index in [4.69, 9.17) is 18.9 Å². The third-order valence-electron chi connectivity index (χ3n) is 6.02. The van der Waals surface area contributed by atoms with Crippen LogP contribution in [-0.2, 0) is 4.79 Å². The molecule has 7 nitrogen and oxygen atoms in total. The van der Waals surface area contributed by atoms with Crippen LogP contribution in [0, 0.1) is 0 Å². The van der Waals surface area contributed by atoms with Crippen LogP contribution in [0.4, 0.5) is 0 Å². The molecule has 0 radical (unpaired) electrons. The Kier molecular flexibility index (Phi) is 8.46. The first-order chi connectivity index (χ1) is 18.0. The zero-order valence-corrected chi connectivity index (χ0v) is 21.6. The molecule has 7 heteroatoms. The second-order valence-corrected chi connectivity index (χ2v) is 8.66. The Morgan fingerprint density at radius 3 is 2.22 bits per heavy atom. The molecular weight excluding hydrogens is 468 g/mol. The predicted octanol–water partition coefficient (Wildman–Crippen LogP) is 6.00. The van der Waals surface area contributed by atoms with Gasteiger partial charge in [-0.3, -0.25) is 4.79 Å². The number of carbonyl (C=O) groups is 1. The van der Waals surface area contributed by atoms with Crippen LogP contribution >= 0.6 is 0 Å². The monoisotopic (exact) mass is 500 g/mol. The van der Waals surface area contributed by atoms with Crippen molar-refractivity contribution in [1.29, 1.82) is 0 Å². The lowest BCUT2D eigenvalue weighted by Crippen LogP contribution is -2.25. The summed E-state index contributed by atoms with van der Waals surface area (Å²) >= 11 is 0. The maximum absolute atomic E-state index is 12.3. The number of amides is 1. The smallest absolute Gasteiger partial charge is 0.240 e. The SMILES string of the molecule is COc1cc(/C=C/c2ccc(OCCOc3ccccc3)cc2)c(C2CC(C)=NN2C(C)=O)c(OC)c1. The zero-order valence-electron chi connectivity index (χ0n) is 21.6. The topological polar surface area (TPSA) is 69.6 Å². The van der Waals surface area contributed by atoms with Crippen molar-refractivity contribution in [3.8, 4) is 23.0 Å². The van der Waals surface area contributed by atoms with E-state index in [-0.39, 0.29) is 11.9 Å². The summed E-state index contributed by atoms with van der Waals surface area (Å²) in [5.41, 5.74) is 3.70. The summed E-state index contributed by atoms with van der Waals surface area (Å²) in [6.45, 7) is 4.37. The van der Waals surface area contributed by atoms with Gasteiger partial charge in [0, 0.05) is 30.7 Å². The van der Waals surface area contributed by atoms with Gasteiger partial charge in [0.15, 0.2) is 0 Å². The summed E-state index contributed by atoms with van der Waals surface area (Å²) in [5.74, 6) is 2.81. The number of hydrazone groups is 1. The molecule has 192 valence electrons. The van der Waals surface area contributed by atoms with Crippen molar-refractivity contribution < 1.29 is 23.7 Å². The van der Waals surface area contributed by atoms with Crippen LogP contribution in [0.1, 0.15) is 43.0 Å². The van der Waals surface area contributed by atoms with Gasteiger partial charge in [-0.05, 0) is 48.4 Å². The van der Waals surface area contributed by atoms with Crippen LogP contribution in [0.25, 0.3) is 12.2 Å². The van der Waals surface area contributed by atoms with Crippen molar-refractivity contribution in [3.05, 3.63) is 83.4 Å². The lowest BCUT2D eigenvalue weighted by atomic mass is 9.94. The first kappa shape index (κ1) is 25.8. The van der Waals surface area contributed by atoms with E-state index in [0.29, 0.717) is 31.1 Å². The molecule has 0 fully saturated rings. The average Bonchev–Trinajstić information content (AvgIpc) is 3.32. The Bertz CT molecular complexity index is 1270. The molecule has 0 aromatic heterocycles. The first-order valence-corrected chi connectivity index (χ1v) is 12.2. The molecule has 4 rings (SSSR count). The molecule has 0 aliphatic carbocycles. The van der Waals surface area contributed by atoms with Crippen molar-refractivity contribution in [3.63, 3.8) is 0 Å². The summed E-state index contributed by atoms with van der Waals surface area (Å²) in [6.07, 6.45) is 4.67. The molecule has 0 bridgehead atoms. The molecular formula is C30H32N2O5. The molecule has 37 heavy (non-hydrogen) atoms. The highest BCUT2D eigenvalue weighted by atomic mass is 16.5. The Labute approximate surface area is 217 Å². The fraction of sp³-hybridized carbons (Fsp3) is 0.267. The molecule has 1 heterocycles. The maximum atomic E-state index is 12.3. The van der Waals surface area contributed by atoms with Gasteiger partial charge in [-0.2, -0.15) is 5.10 Å². The van der Waals surface area contributed by atoms with E-state index >= 15 is 0 Å². The van der Waals surface area contributed by atoms with E-state index in [1.807, 2.05) is 85.8 Å². The van der Waals surface area contributed by atoms with Gasteiger partial charge in [-0.1, -0.05) is 42.5 Å². The fourth-order valence-electron chi connectivity index (χ4n) is 4.27. The molecule has 1 aliphatic rings. The van der Waals surface area contributed by atoms with Crippen molar-refractivity contribution in [2.45, 2.75) is 26.3 Å². The van der Waals surface area contributed by atoms with Crippen molar-refractivity contribution in [1.82, 2.24) is 5.01 Å². The number of para-hydroxylation sites is 1. The molecule has 3 aromatic rings. The lowest BCUT2D eigenvalue weighted by molar-refractivity contribution is -0.130. The van der Waals surface area contributed by atoms with Crippen LogP contribution in [0.15, 0.2) is 71.8 Å². The third-order valence-corrected chi connectivity index (χ3v) is 6.02. The number of nitrogens with zero attached hydrogens (tertiary/aromatic N) is 2. The summed E-state index contributed by atoms with van der Waals surface area (Å²) in [4.78, 5) is 12.3. The number of benzene rings is 3. The number of rotatable bonds is 10. The quantitative estimate of drug-likeness (QED) is 0.252. The van der Waals surface area contributed by atoms with E-state index in [1.54, 1.807) is 14.2 Å². The van der Waals surface area contributed by atoms with E-state index < -0.39 is 0 Å². The molecule has 0 saturated carbocycles. The first-order valence-electron chi connectivity index (χ1n) is 12.2. The number of hydrogen-bond donors (Lipinski definition) is 0. The minimum atomic E-state index is -0.244. The molecule has 1 atom stereocenters. The van der Waals surface area contributed by atoms with Crippen LogP contribution in [0.5, 0.6) is 23.0 Å². The Morgan fingerprint density at radius 2 is 1.59 bits per heavy atom. The van der Waals surface area contributed by atoms with Gasteiger partial charge in [-0.25, -0.2) is 5.01 Å². The third kappa shape index (κ3) is 6.50. The van der Waals surface area contributed by atoms with Gasteiger partial charge in [-0.15, -0.1) is 0 Å². The van der Waals surface area contributed by atoms with Gasteiger partial charge in [0.05, 0.1) is 20.3 Å². The summed E-state index contributed by atoms with van der Waals surface area (Å²) in [7, 11) is 3.24. The predicted molar refractivity (Wildman–Crippen MR) is 145 cm³/mol. The lowest BCUT2D eigenvalue weighted by Gasteiger charge is -2.25. The molecule has 3 aromatic carbocycles. The average molecular weight is 501 g/mol. The Hall–Kier alpha value is -4.26. The molecule has 0 spiro atoms. The number of methoxy groups -OCH3 is 2. The number of hydrogen-bond acceptors (Lipinski definition) is 6.